The maximum atomic E-state index is 13.5. The highest BCUT2D eigenvalue weighted by molar-refractivity contribution is 6.30. The van der Waals surface area contributed by atoms with E-state index in [4.69, 9.17) is 26.8 Å². The van der Waals surface area contributed by atoms with Gasteiger partial charge in [-0.25, -0.2) is 4.39 Å². The topological polar surface area (TPSA) is 89.1 Å². The number of benzene rings is 2. The SMILES string of the molecule is NC(=NCC(O)c1ccc(Cl)c(F)c1)Nc1ccc2c(c1)OCCCO2. The van der Waals surface area contributed by atoms with E-state index in [1.54, 1.807) is 24.3 Å². The van der Waals surface area contributed by atoms with Crippen LogP contribution in [0.1, 0.15) is 18.1 Å². The molecule has 0 aliphatic carbocycles. The van der Waals surface area contributed by atoms with Crippen LogP contribution < -0.4 is 20.5 Å². The van der Waals surface area contributed by atoms with Crippen LogP contribution in [0.5, 0.6) is 11.5 Å². The average molecular weight is 380 g/mol. The molecule has 0 saturated heterocycles. The zero-order chi connectivity index (χ0) is 18.5. The van der Waals surface area contributed by atoms with Crippen molar-refractivity contribution in [1.82, 2.24) is 0 Å². The predicted octanol–water partition coefficient (Wildman–Crippen LogP) is 3.10. The molecule has 0 bridgehead atoms. The number of guanidine groups is 1. The largest absolute Gasteiger partial charge is 0.490 e. The molecule has 1 unspecified atom stereocenters. The maximum absolute atomic E-state index is 13.5. The quantitative estimate of drug-likeness (QED) is 0.561. The van der Waals surface area contributed by atoms with Gasteiger partial charge in [-0.1, -0.05) is 17.7 Å². The molecule has 1 atom stereocenters. The second-order valence-corrected chi connectivity index (χ2v) is 6.16. The normalized spacial score (nSPS) is 15.3. The van der Waals surface area contributed by atoms with Gasteiger partial charge in [0, 0.05) is 18.2 Å². The second-order valence-electron chi connectivity index (χ2n) is 5.75. The summed E-state index contributed by atoms with van der Waals surface area (Å²) in [5.74, 6) is 0.846. The lowest BCUT2D eigenvalue weighted by Gasteiger charge is -2.12. The minimum atomic E-state index is -0.995. The van der Waals surface area contributed by atoms with Gasteiger partial charge < -0.3 is 25.6 Å². The monoisotopic (exact) mass is 379 g/mol. The summed E-state index contributed by atoms with van der Waals surface area (Å²) in [4.78, 5) is 4.08. The van der Waals surface area contributed by atoms with Gasteiger partial charge in [-0.15, -0.1) is 0 Å². The molecular weight excluding hydrogens is 361 g/mol. The van der Waals surface area contributed by atoms with Crippen molar-refractivity contribution in [3.8, 4) is 11.5 Å². The van der Waals surface area contributed by atoms with Crippen molar-refractivity contribution < 1.29 is 19.0 Å². The third-order valence-corrected chi connectivity index (χ3v) is 4.09. The van der Waals surface area contributed by atoms with E-state index in [0.717, 1.165) is 6.42 Å². The number of nitrogens with one attached hydrogen (secondary N) is 1. The molecular formula is C18H19ClFN3O3. The predicted molar refractivity (Wildman–Crippen MR) is 98.5 cm³/mol. The fraction of sp³-hybridized carbons (Fsp3) is 0.278. The number of aliphatic hydroxyl groups is 1. The van der Waals surface area contributed by atoms with Crippen molar-refractivity contribution in [3.63, 3.8) is 0 Å². The molecule has 1 aliphatic rings. The molecule has 2 aromatic carbocycles. The first-order chi connectivity index (χ1) is 12.5. The van der Waals surface area contributed by atoms with E-state index < -0.39 is 11.9 Å². The van der Waals surface area contributed by atoms with Crippen LogP contribution in [-0.2, 0) is 0 Å². The molecule has 0 spiro atoms. The number of hydrogen-bond acceptors (Lipinski definition) is 4. The number of ether oxygens (including phenoxy) is 2. The Bertz CT molecular complexity index is 816. The van der Waals surface area contributed by atoms with Gasteiger partial charge in [0.05, 0.1) is 30.9 Å². The first kappa shape index (κ1) is 18.3. The average Bonchev–Trinajstić information content (AvgIpc) is 2.87. The molecule has 6 nitrogen and oxygen atoms in total. The number of halogens is 2. The van der Waals surface area contributed by atoms with Gasteiger partial charge in [-0.3, -0.25) is 4.99 Å². The number of nitrogens with two attached hydrogens (primary N) is 1. The smallest absolute Gasteiger partial charge is 0.193 e. The first-order valence-corrected chi connectivity index (χ1v) is 8.50. The highest BCUT2D eigenvalue weighted by atomic mass is 35.5. The summed E-state index contributed by atoms with van der Waals surface area (Å²) in [6, 6.07) is 9.46. The molecule has 0 radical (unpaired) electrons. The van der Waals surface area contributed by atoms with Crippen LogP contribution in [0.4, 0.5) is 10.1 Å². The molecule has 0 aromatic heterocycles. The summed E-state index contributed by atoms with van der Waals surface area (Å²) in [6.45, 7) is 1.18. The van der Waals surface area contributed by atoms with Crippen molar-refractivity contribution in [2.45, 2.75) is 12.5 Å². The lowest BCUT2D eigenvalue weighted by molar-refractivity contribution is 0.187. The number of aliphatic hydroxyl groups excluding tert-OH is 1. The molecule has 0 fully saturated rings. The van der Waals surface area contributed by atoms with Crippen LogP contribution in [0.15, 0.2) is 41.4 Å². The zero-order valence-electron chi connectivity index (χ0n) is 13.9. The summed E-state index contributed by atoms with van der Waals surface area (Å²) < 4.78 is 24.6. The standard InChI is InChI=1S/C18H19ClFN3O3/c19-13-4-2-11(8-14(13)20)15(24)10-22-18(21)23-12-3-5-16-17(9-12)26-7-1-6-25-16/h2-5,8-9,15,24H,1,6-7,10H2,(H3,21,22,23). The van der Waals surface area contributed by atoms with E-state index in [9.17, 15) is 9.50 Å². The number of fused-ring (bicyclic) bond motifs is 1. The lowest BCUT2D eigenvalue weighted by atomic mass is 10.1. The highest BCUT2D eigenvalue weighted by Crippen LogP contribution is 2.32. The molecule has 1 heterocycles. The molecule has 4 N–H and O–H groups in total. The zero-order valence-corrected chi connectivity index (χ0v) is 14.7. The second kappa shape index (κ2) is 8.25. The van der Waals surface area contributed by atoms with Crippen LogP contribution in [0.25, 0.3) is 0 Å². The summed E-state index contributed by atoms with van der Waals surface area (Å²) in [7, 11) is 0. The lowest BCUT2D eigenvalue weighted by Crippen LogP contribution is -2.23. The van der Waals surface area contributed by atoms with Gasteiger partial charge in [0.25, 0.3) is 0 Å². The molecule has 3 rings (SSSR count). The molecule has 8 heteroatoms. The number of anilines is 1. The Morgan fingerprint density at radius 1 is 1.23 bits per heavy atom. The summed E-state index contributed by atoms with van der Waals surface area (Å²) in [5.41, 5.74) is 6.91. The molecule has 0 amide bonds. The summed E-state index contributed by atoms with van der Waals surface area (Å²) in [6.07, 6.45) is -0.171. The molecule has 2 aromatic rings. The van der Waals surface area contributed by atoms with Crippen molar-refractivity contribution >= 4 is 23.2 Å². The Hall–Kier alpha value is -2.51. The van der Waals surface area contributed by atoms with Crippen LogP contribution in [0, 0.1) is 5.82 Å². The maximum Gasteiger partial charge on any atom is 0.193 e. The number of nitrogens with zero attached hydrogens (tertiary/aromatic N) is 1. The summed E-state index contributed by atoms with van der Waals surface area (Å²) >= 11 is 5.63. The minimum Gasteiger partial charge on any atom is -0.490 e. The van der Waals surface area contributed by atoms with Gasteiger partial charge in [-0.2, -0.15) is 0 Å². The van der Waals surface area contributed by atoms with Crippen LogP contribution >= 0.6 is 11.6 Å². The number of aliphatic imine (C=N–C) groups is 1. The van der Waals surface area contributed by atoms with E-state index in [0.29, 0.717) is 36.0 Å². The molecule has 0 saturated carbocycles. The van der Waals surface area contributed by atoms with E-state index in [1.807, 2.05) is 0 Å². The molecule has 26 heavy (non-hydrogen) atoms. The van der Waals surface area contributed by atoms with E-state index >= 15 is 0 Å². The Labute approximate surface area is 155 Å². The Kier molecular flexibility index (Phi) is 5.80. The Morgan fingerprint density at radius 2 is 2.00 bits per heavy atom. The van der Waals surface area contributed by atoms with Gasteiger partial charge in [-0.05, 0) is 29.8 Å². The van der Waals surface area contributed by atoms with Crippen molar-refractivity contribution in [1.29, 1.82) is 0 Å². The van der Waals surface area contributed by atoms with Gasteiger partial charge >= 0.3 is 0 Å². The fourth-order valence-electron chi connectivity index (χ4n) is 2.44. The summed E-state index contributed by atoms with van der Waals surface area (Å²) in [5, 5.41) is 13.0. The highest BCUT2D eigenvalue weighted by Gasteiger charge is 2.12. The Balaban J connectivity index is 1.63. The fourth-order valence-corrected chi connectivity index (χ4v) is 2.56. The van der Waals surface area contributed by atoms with Crippen LogP contribution in [0.2, 0.25) is 5.02 Å². The van der Waals surface area contributed by atoms with Gasteiger partial charge in [0.15, 0.2) is 17.5 Å². The van der Waals surface area contributed by atoms with Crippen LogP contribution in [-0.4, -0.2) is 30.8 Å². The van der Waals surface area contributed by atoms with Crippen molar-refractivity contribution in [2.24, 2.45) is 10.7 Å². The third kappa shape index (κ3) is 4.56. The van der Waals surface area contributed by atoms with Crippen molar-refractivity contribution in [2.75, 3.05) is 25.1 Å². The first-order valence-electron chi connectivity index (χ1n) is 8.12. The number of rotatable bonds is 4. The van der Waals surface area contributed by atoms with Crippen molar-refractivity contribution in [3.05, 3.63) is 52.8 Å². The molecule has 1 aliphatic heterocycles. The van der Waals surface area contributed by atoms with Gasteiger partial charge in [0.1, 0.15) is 5.82 Å². The minimum absolute atomic E-state index is 0.0000370. The van der Waals surface area contributed by atoms with Crippen LogP contribution in [0.3, 0.4) is 0 Å². The van der Waals surface area contributed by atoms with E-state index in [2.05, 4.69) is 10.3 Å². The Morgan fingerprint density at radius 3 is 2.77 bits per heavy atom. The van der Waals surface area contributed by atoms with E-state index in [1.165, 1.54) is 12.1 Å². The van der Waals surface area contributed by atoms with E-state index in [-0.39, 0.29) is 17.5 Å². The van der Waals surface area contributed by atoms with Gasteiger partial charge in [0.2, 0.25) is 0 Å². The number of hydrogen-bond donors (Lipinski definition) is 3. The molecule has 138 valence electrons. The third-order valence-electron chi connectivity index (χ3n) is 3.78.